The number of carbonyl (C=O) groups excluding carboxylic acids is 4. The van der Waals surface area contributed by atoms with Gasteiger partial charge in [0.1, 0.15) is 19.3 Å². The summed E-state index contributed by atoms with van der Waals surface area (Å²) in [6.07, 6.45) is 48.7. The summed E-state index contributed by atoms with van der Waals surface area (Å²) in [5.74, 6) is 0.917. The van der Waals surface area contributed by atoms with Crippen molar-refractivity contribution in [2.75, 3.05) is 39.6 Å². The van der Waals surface area contributed by atoms with E-state index in [-0.39, 0.29) is 25.7 Å². The predicted octanol–water partition coefficient (Wildman–Crippen LogP) is 21.7. The molecule has 0 radical (unpaired) electrons. The molecule has 0 spiro atoms. The maximum Gasteiger partial charge on any atom is 0.472 e. The van der Waals surface area contributed by atoms with Crippen LogP contribution in [0.1, 0.15) is 376 Å². The van der Waals surface area contributed by atoms with E-state index >= 15 is 0 Å². The first kappa shape index (κ1) is 92.1. The number of phosphoric acid groups is 2. The molecular formula is C75H146O17P2. The van der Waals surface area contributed by atoms with Gasteiger partial charge in [0, 0.05) is 25.7 Å². The molecule has 0 aliphatic rings. The van der Waals surface area contributed by atoms with E-state index in [1.54, 1.807) is 0 Å². The highest BCUT2D eigenvalue weighted by atomic mass is 31.2. The lowest BCUT2D eigenvalue weighted by atomic mass is 9.99. The van der Waals surface area contributed by atoms with Gasteiger partial charge in [0.15, 0.2) is 12.2 Å². The molecule has 0 aromatic carbocycles. The molecule has 5 unspecified atom stereocenters. The third-order valence-electron chi connectivity index (χ3n) is 18.0. The van der Waals surface area contributed by atoms with Gasteiger partial charge in [0.05, 0.1) is 26.4 Å². The first-order valence-electron chi connectivity index (χ1n) is 38.8. The Morgan fingerprint density at radius 3 is 0.755 bits per heavy atom. The summed E-state index contributed by atoms with van der Waals surface area (Å²) in [5.41, 5.74) is 0. The number of phosphoric ester groups is 2. The van der Waals surface area contributed by atoms with Crippen LogP contribution in [0.25, 0.3) is 0 Å². The van der Waals surface area contributed by atoms with Gasteiger partial charge in [-0.25, -0.2) is 9.13 Å². The van der Waals surface area contributed by atoms with Crippen LogP contribution in [-0.2, 0) is 65.4 Å². The minimum absolute atomic E-state index is 0.102. The quantitative estimate of drug-likeness (QED) is 0.0222. The monoisotopic (exact) mass is 1380 g/mol. The first-order chi connectivity index (χ1) is 45.2. The van der Waals surface area contributed by atoms with Crippen molar-refractivity contribution in [1.29, 1.82) is 0 Å². The highest BCUT2D eigenvalue weighted by Crippen LogP contribution is 2.45. The normalized spacial score (nSPS) is 14.7. The number of esters is 4. The number of hydrogen-bond donors (Lipinski definition) is 3. The zero-order valence-corrected chi connectivity index (χ0v) is 63.4. The number of unbranched alkanes of at least 4 members (excludes halogenated alkanes) is 36. The maximum atomic E-state index is 13.1. The van der Waals surface area contributed by atoms with Crippen molar-refractivity contribution >= 4 is 39.5 Å². The largest absolute Gasteiger partial charge is 0.472 e. The summed E-state index contributed by atoms with van der Waals surface area (Å²) in [6.45, 7) is 14.1. The molecule has 0 amide bonds. The predicted molar refractivity (Wildman–Crippen MR) is 381 cm³/mol. The molecule has 0 rings (SSSR count). The van der Waals surface area contributed by atoms with E-state index in [2.05, 4.69) is 55.4 Å². The molecule has 19 heteroatoms. The van der Waals surface area contributed by atoms with Crippen molar-refractivity contribution < 1.29 is 80.2 Å². The number of hydrogen-bond acceptors (Lipinski definition) is 15. The van der Waals surface area contributed by atoms with Gasteiger partial charge < -0.3 is 33.8 Å². The summed E-state index contributed by atoms with van der Waals surface area (Å²) in [4.78, 5) is 72.7. The first-order valence-corrected chi connectivity index (χ1v) is 41.8. The van der Waals surface area contributed by atoms with Crippen molar-refractivity contribution in [1.82, 2.24) is 0 Å². The third kappa shape index (κ3) is 66.0. The van der Waals surface area contributed by atoms with Crippen LogP contribution < -0.4 is 0 Å². The summed E-state index contributed by atoms with van der Waals surface area (Å²) in [7, 11) is -9.91. The molecule has 17 nitrogen and oxygen atoms in total. The van der Waals surface area contributed by atoms with E-state index in [0.29, 0.717) is 25.7 Å². The Hall–Kier alpha value is -1.94. The number of carbonyl (C=O) groups is 4. The van der Waals surface area contributed by atoms with E-state index in [1.165, 1.54) is 180 Å². The maximum absolute atomic E-state index is 13.1. The molecule has 0 heterocycles. The van der Waals surface area contributed by atoms with Crippen molar-refractivity contribution in [3.63, 3.8) is 0 Å². The molecule has 0 aromatic heterocycles. The van der Waals surface area contributed by atoms with Crippen molar-refractivity contribution in [3.8, 4) is 0 Å². The van der Waals surface area contributed by atoms with Crippen LogP contribution in [0, 0.1) is 23.7 Å². The van der Waals surface area contributed by atoms with Gasteiger partial charge in [-0.05, 0) is 49.4 Å². The van der Waals surface area contributed by atoms with Crippen LogP contribution >= 0.6 is 15.6 Å². The molecule has 94 heavy (non-hydrogen) atoms. The number of aliphatic hydroxyl groups is 1. The van der Waals surface area contributed by atoms with E-state index in [0.717, 1.165) is 114 Å². The second kappa shape index (κ2) is 64.4. The van der Waals surface area contributed by atoms with E-state index < -0.39 is 97.5 Å². The van der Waals surface area contributed by atoms with Crippen LogP contribution in [0.4, 0.5) is 0 Å². The molecular weight excluding hydrogens is 1230 g/mol. The van der Waals surface area contributed by atoms with Crippen LogP contribution in [0.15, 0.2) is 0 Å². The van der Waals surface area contributed by atoms with Crippen molar-refractivity contribution in [2.24, 2.45) is 23.7 Å². The summed E-state index contributed by atoms with van der Waals surface area (Å²) in [6, 6.07) is 0. The smallest absolute Gasteiger partial charge is 0.462 e. The lowest BCUT2D eigenvalue weighted by Crippen LogP contribution is -2.30. The molecule has 0 fully saturated rings. The van der Waals surface area contributed by atoms with Gasteiger partial charge in [-0.2, -0.15) is 0 Å². The Morgan fingerprint density at radius 1 is 0.298 bits per heavy atom. The Bertz CT molecular complexity index is 1850. The Labute approximate surface area is 575 Å². The molecule has 558 valence electrons. The molecule has 0 aliphatic heterocycles. The summed E-state index contributed by atoms with van der Waals surface area (Å²) < 4.78 is 68.4. The zero-order valence-electron chi connectivity index (χ0n) is 61.6. The van der Waals surface area contributed by atoms with Crippen LogP contribution in [0.5, 0.6) is 0 Å². The minimum atomic E-state index is -4.96. The Morgan fingerprint density at radius 2 is 0.511 bits per heavy atom. The van der Waals surface area contributed by atoms with Gasteiger partial charge in [-0.1, -0.05) is 325 Å². The average Bonchev–Trinajstić information content (AvgIpc) is 1.31. The van der Waals surface area contributed by atoms with Gasteiger partial charge in [-0.15, -0.1) is 0 Å². The highest BCUT2D eigenvalue weighted by molar-refractivity contribution is 7.47. The molecule has 7 atom stereocenters. The van der Waals surface area contributed by atoms with E-state index in [1.807, 2.05) is 0 Å². The molecule has 0 saturated carbocycles. The fourth-order valence-corrected chi connectivity index (χ4v) is 12.9. The van der Waals surface area contributed by atoms with E-state index in [9.17, 15) is 43.2 Å². The fourth-order valence-electron chi connectivity index (χ4n) is 11.3. The fraction of sp³-hybridized carbons (Fsp3) is 0.947. The van der Waals surface area contributed by atoms with E-state index in [4.69, 9.17) is 37.0 Å². The van der Waals surface area contributed by atoms with Crippen LogP contribution in [0.2, 0.25) is 0 Å². The molecule has 3 N–H and O–H groups in total. The average molecular weight is 1380 g/mol. The standard InChI is InChI=1S/C75H146O17P2/c1-9-67(7)53-45-37-29-24-26-31-40-48-56-73(78)85-61-70(91-74(79)57-49-41-32-22-20-18-16-14-12-11-13-15-17-19-21-27-35-43-51-65(3)4)63-89-93(81,82)87-59-69(76)60-88-94(83,84)90-64-71(92-75(80)58-50-42-34-33-38-46-54-68(8)10-2)62-86-72(77)55-47-39-30-25-23-28-36-44-52-66(5)6/h65-71,76H,9-64H2,1-8H3,(H,81,82)(H,83,84)/t67?,68?,69?,70-,71-/m1/s1. The van der Waals surface area contributed by atoms with Gasteiger partial charge in [0.2, 0.25) is 0 Å². The lowest BCUT2D eigenvalue weighted by Gasteiger charge is -2.21. The highest BCUT2D eigenvalue weighted by Gasteiger charge is 2.30. The van der Waals surface area contributed by atoms with Crippen LogP contribution in [-0.4, -0.2) is 96.7 Å². The molecule has 0 saturated heterocycles. The summed E-state index contributed by atoms with van der Waals surface area (Å²) >= 11 is 0. The topological polar surface area (TPSA) is 237 Å². The van der Waals surface area contributed by atoms with Gasteiger partial charge in [-0.3, -0.25) is 37.3 Å². The number of aliphatic hydroxyl groups excluding tert-OH is 1. The third-order valence-corrected chi connectivity index (χ3v) is 19.9. The number of rotatable bonds is 72. The van der Waals surface area contributed by atoms with Gasteiger partial charge >= 0.3 is 39.5 Å². The second-order valence-corrected chi connectivity index (χ2v) is 31.4. The lowest BCUT2D eigenvalue weighted by molar-refractivity contribution is -0.161. The van der Waals surface area contributed by atoms with Crippen molar-refractivity contribution in [2.45, 2.75) is 395 Å². The van der Waals surface area contributed by atoms with Crippen LogP contribution in [0.3, 0.4) is 0 Å². The molecule has 0 aromatic rings. The second-order valence-electron chi connectivity index (χ2n) is 28.5. The molecule has 0 aliphatic carbocycles. The Balaban J connectivity index is 5.20. The zero-order chi connectivity index (χ0) is 69.6. The minimum Gasteiger partial charge on any atom is -0.462 e. The summed E-state index contributed by atoms with van der Waals surface area (Å²) in [5, 5.41) is 10.6. The molecule has 0 bridgehead atoms. The van der Waals surface area contributed by atoms with Crippen molar-refractivity contribution in [3.05, 3.63) is 0 Å². The Kier molecular flexibility index (Phi) is 63.1. The number of ether oxygens (including phenoxy) is 4. The SMILES string of the molecule is CCC(C)CCCCCCCCCCC(=O)OC[C@H](COP(=O)(O)OCC(O)COP(=O)(O)OC[C@@H](COC(=O)CCCCCCCCCCC(C)C)OC(=O)CCCCCCCCC(C)CC)OC(=O)CCCCCCCCCCCCCCCCCCCCC(C)C. The van der Waals surface area contributed by atoms with Gasteiger partial charge in [0.25, 0.3) is 0 Å².